The van der Waals surface area contributed by atoms with E-state index < -0.39 is 0 Å². The SMILES string of the molecule is CCCC(=O)N1CCCCC1C(=O)NCCNC1CCCCCC1.Cl. The first-order chi connectivity index (χ1) is 11.7. The Hall–Kier alpha value is -0.810. The van der Waals surface area contributed by atoms with Gasteiger partial charge in [-0.15, -0.1) is 12.4 Å². The summed E-state index contributed by atoms with van der Waals surface area (Å²) in [6.45, 7) is 4.22. The van der Waals surface area contributed by atoms with Crippen LogP contribution in [0.25, 0.3) is 0 Å². The van der Waals surface area contributed by atoms with Crippen LogP contribution >= 0.6 is 12.4 Å². The van der Waals surface area contributed by atoms with Gasteiger partial charge in [0.15, 0.2) is 0 Å². The van der Waals surface area contributed by atoms with Crippen molar-refractivity contribution < 1.29 is 9.59 Å². The standard InChI is InChI=1S/C19H35N3O2.ClH/c1-2-9-18(23)22-15-8-7-12-17(22)19(24)21-14-13-20-16-10-5-3-4-6-11-16;/h16-17,20H,2-15H2,1H3,(H,21,24);1H. The molecule has 0 radical (unpaired) electrons. The summed E-state index contributed by atoms with van der Waals surface area (Å²) < 4.78 is 0. The second-order valence-electron chi connectivity index (χ2n) is 7.28. The van der Waals surface area contributed by atoms with E-state index in [2.05, 4.69) is 10.6 Å². The largest absolute Gasteiger partial charge is 0.353 e. The van der Waals surface area contributed by atoms with Gasteiger partial charge in [-0.1, -0.05) is 32.6 Å². The zero-order valence-electron chi connectivity index (χ0n) is 15.7. The minimum absolute atomic E-state index is 0. The molecule has 2 N–H and O–H groups in total. The molecule has 1 unspecified atom stereocenters. The van der Waals surface area contributed by atoms with Gasteiger partial charge in [0.2, 0.25) is 11.8 Å². The monoisotopic (exact) mass is 373 g/mol. The molecule has 1 saturated carbocycles. The molecule has 2 aliphatic rings. The van der Waals surface area contributed by atoms with E-state index in [-0.39, 0.29) is 30.3 Å². The van der Waals surface area contributed by atoms with E-state index in [1.54, 1.807) is 4.90 Å². The third-order valence-electron chi connectivity index (χ3n) is 5.30. The van der Waals surface area contributed by atoms with Gasteiger partial charge in [0.25, 0.3) is 0 Å². The van der Waals surface area contributed by atoms with Crippen LogP contribution in [-0.2, 0) is 9.59 Å². The predicted octanol–water partition coefficient (Wildman–Crippen LogP) is 3.02. The van der Waals surface area contributed by atoms with Crippen molar-refractivity contribution in [3.05, 3.63) is 0 Å². The van der Waals surface area contributed by atoms with Gasteiger partial charge in [0.05, 0.1) is 0 Å². The molecule has 0 spiro atoms. The summed E-state index contributed by atoms with van der Waals surface area (Å²) in [5.41, 5.74) is 0. The number of halogens is 1. The summed E-state index contributed by atoms with van der Waals surface area (Å²) in [5.74, 6) is 0.163. The van der Waals surface area contributed by atoms with Gasteiger partial charge in [-0.25, -0.2) is 0 Å². The lowest BCUT2D eigenvalue weighted by Gasteiger charge is -2.34. The van der Waals surface area contributed by atoms with Gasteiger partial charge in [0.1, 0.15) is 6.04 Å². The minimum Gasteiger partial charge on any atom is -0.353 e. The molecule has 25 heavy (non-hydrogen) atoms. The fourth-order valence-electron chi connectivity index (χ4n) is 3.92. The smallest absolute Gasteiger partial charge is 0.242 e. The molecular formula is C19H36ClN3O2. The van der Waals surface area contributed by atoms with E-state index in [4.69, 9.17) is 0 Å². The van der Waals surface area contributed by atoms with Crippen LogP contribution in [0.5, 0.6) is 0 Å². The van der Waals surface area contributed by atoms with Crippen LogP contribution in [0, 0.1) is 0 Å². The van der Waals surface area contributed by atoms with Crippen molar-refractivity contribution in [1.29, 1.82) is 0 Å². The average Bonchev–Trinajstić information content (AvgIpc) is 2.87. The van der Waals surface area contributed by atoms with Crippen LogP contribution in [0.1, 0.15) is 77.6 Å². The molecule has 146 valence electrons. The van der Waals surface area contributed by atoms with Gasteiger partial charge < -0.3 is 15.5 Å². The fraction of sp³-hybridized carbons (Fsp3) is 0.895. The highest BCUT2D eigenvalue weighted by Crippen LogP contribution is 2.19. The molecule has 1 saturated heterocycles. The first-order valence-electron chi connectivity index (χ1n) is 10.0. The molecule has 1 atom stereocenters. The van der Waals surface area contributed by atoms with Crippen molar-refractivity contribution >= 4 is 24.2 Å². The molecule has 2 rings (SSSR count). The topological polar surface area (TPSA) is 61.4 Å². The molecule has 5 nitrogen and oxygen atoms in total. The number of amides is 2. The van der Waals surface area contributed by atoms with Crippen LogP contribution in [0.2, 0.25) is 0 Å². The first-order valence-corrected chi connectivity index (χ1v) is 10.0. The number of hydrogen-bond donors (Lipinski definition) is 2. The van der Waals surface area contributed by atoms with E-state index in [1.165, 1.54) is 38.5 Å². The Morgan fingerprint density at radius 2 is 1.64 bits per heavy atom. The Kier molecular flexibility index (Phi) is 11.1. The normalized spacial score (nSPS) is 22.0. The molecule has 6 heteroatoms. The Morgan fingerprint density at radius 3 is 2.32 bits per heavy atom. The van der Waals surface area contributed by atoms with Crippen LogP contribution in [0.15, 0.2) is 0 Å². The Morgan fingerprint density at radius 1 is 0.960 bits per heavy atom. The summed E-state index contributed by atoms with van der Waals surface area (Å²) in [6.07, 6.45) is 12.1. The lowest BCUT2D eigenvalue weighted by Crippen LogP contribution is -2.52. The van der Waals surface area contributed by atoms with Crippen LogP contribution in [0.4, 0.5) is 0 Å². The third-order valence-corrected chi connectivity index (χ3v) is 5.30. The summed E-state index contributed by atoms with van der Waals surface area (Å²) in [6, 6.07) is 0.359. The summed E-state index contributed by atoms with van der Waals surface area (Å²) >= 11 is 0. The number of likely N-dealkylation sites (tertiary alicyclic amines) is 1. The number of piperidine rings is 1. The summed E-state index contributed by atoms with van der Waals surface area (Å²) in [7, 11) is 0. The third kappa shape index (κ3) is 7.53. The van der Waals surface area contributed by atoms with Crippen molar-refractivity contribution in [1.82, 2.24) is 15.5 Å². The van der Waals surface area contributed by atoms with Crippen LogP contribution in [0.3, 0.4) is 0 Å². The molecule has 0 aromatic rings. The number of nitrogens with one attached hydrogen (secondary N) is 2. The zero-order valence-corrected chi connectivity index (χ0v) is 16.5. The average molecular weight is 374 g/mol. The van der Waals surface area contributed by atoms with Gasteiger partial charge in [-0.05, 0) is 38.5 Å². The number of hydrogen-bond acceptors (Lipinski definition) is 3. The maximum Gasteiger partial charge on any atom is 0.242 e. The lowest BCUT2D eigenvalue weighted by molar-refractivity contribution is -0.142. The Bertz CT molecular complexity index is 398. The molecule has 1 aliphatic heterocycles. The lowest BCUT2D eigenvalue weighted by atomic mass is 10.0. The number of rotatable bonds is 7. The molecule has 2 amide bonds. The molecule has 2 fully saturated rings. The van der Waals surface area contributed by atoms with Crippen molar-refractivity contribution in [2.75, 3.05) is 19.6 Å². The molecular weight excluding hydrogens is 338 g/mol. The molecule has 0 aromatic carbocycles. The molecule has 1 aliphatic carbocycles. The van der Waals surface area contributed by atoms with Crippen LogP contribution < -0.4 is 10.6 Å². The van der Waals surface area contributed by atoms with Crippen molar-refractivity contribution in [3.8, 4) is 0 Å². The van der Waals surface area contributed by atoms with Crippen molar-refractivity contribution in [2.45, 2.75) is 89.6 Å². The number of carbonyl (C=O) groups is 2. The first kappa shape index (κ1) is 22.2. The zero-order chi connectivity index (χ0) is 17.2. The maximum absolute atomic E-state index is 12.5. The highest BCUT2D eigenvalue weighted by molar-refractivity contribution is 5.87. The van der Waals surface area contributed by atoms with Gasteiger partial charge in [-0.3, -0.25) is 9.59 Å². The number of nitrogens with zero attached hydrogens (tertiary/aromatic N) is 1. The minimum atomic E-state index is -0.254. The summed E-state index contributed by atoms with van der Waals surface area (Å²) in [4.78, 5) is 26.5. The van der Waals surface area contributed by atoms with Gasteiger partial charge in [-0.2, -0.15) is 0 Å². The highest BCUT2D eigenvalue weighted by atomic mass is 35.5. The second-order valence-corrected chi connectivity index (χ2v) is 7.28. The second kappa shape index (κ2) is 12.5. The molecule has 0 bridgehead atoms. The van der Waals surface area contributed by atoms with Gasteiger partial charge in [0, 0.05) is 32.1 Å². The van der Waals surface area contributed by atoms with Crippen molar-refractivity contribution in [2.24, 2.45) is 0 Å². The Balaban J connectivity index is 0.00000312. The van der Waals surface area contributed by atoms with Gasteiger partial charge >= 0.3 is 0 Å². The van der Waals surface area contributed by atoms with E-state index in [0.29, 0.717) is 19.0 Å². The summed E-state index contributed by atoms with van der Waals surface area (Å²) in [5, 5.41) is 6.62. The number of carbonyl (C=O) groups excluding carboxylic acids is 2. The van der Waals surface area contributed by atoms with E-state index >= 15 is 0 Å². The maximum atomic E-state index is 12.5. The quantitative estimate of drug-likeness (QED) is 0.532. The predicted molar refractivity (Wildman–Crippen MR) is 104 cm³/mol. The van der Waals surface area contributed by atoms with Crippen LogP contribution in [-0.4, -0.2) is 48.4 Å². The fourth-order valence-corrected chi connectivity index (χ4v) is 3.92. The van der Waals surface area contributed by atoms with E-state index in [9.17, 15) is 9.59 Å². The van der Waals surface area contributed by atoms with E-state index in [1.807, 2.05) is 6.92 Å². The molecule has 1 heterocycles. The highest BCUT2D eigenvalue weighted by Gasteiger charge is 2.31. The Labute approximate surface area is 159 Å². The van der Waals surface area contributed by atoms with Crippen molar-refractivity contribution in [3.63, 3.8) is 0 Å². The van der Waals surface area contributed by atoms with E-state index in [0.717, 1.165) is 38.8 Å². The molecule has 0 aromatic heterocycles.